The third kappa shape index (κ3) is 3.33. The van der Waals surface area contributed by atoms with Crippen LogP contribution in [-0.2, 0) is 11.3 Å². The van der Waals surface area contributed by atoms with Crippen LogP contribution in [0.5, 0.6) is 0 Å². The highest BCUT2D eigenvalue weighted by Crippen LogP contribution is 2.25. The van der Waals surface area contributed by atoms with Crippen molar-refractivity contribution < 1.29 is 4.79 Å². The van der Waals surface area contributed by atoms with Gasteiger partial charge in [-0.2, -0.15) is 0 Å². The number of benzene rings is 2. The summed E-state index contributed by atoms with van der Waals surface area (Å²) in [6.07, 6.45) is 2.73. The molecule has 1 fully saturated rings. The SMILES string of the molecule is Nc1cc(NCc2ccc(N3CCCCC3=O)cc2)c2ccccc2n1. The Morgan fingerprint density at radius 2 is 1.88 bits per heavy atom. The van der Waals surface area contributed by atoms with Crippen molar-refractivity contribution in [3.8, 4) is 0 Å². The number of nitrogens with one attached hydrogen (secondary N) is 1. The van der Waals surface area contributed by atoms with E-state index in [2.05, 4.69) is 22.4 Å². The number of amides is 1. The summed E-state index contributed by atoms with van der Waals surface area (Å²) in [5.41, 5.74) is 9.91. The predicted molar refractivity (Wildman–Crippen MR) is 106 cm³/mol. The van der Waals surface area contributed by atoms with Crippen molar-refractivity contribution >= 4 is 34.0 Å². The summed E-state index contributed by atoms with van der Waals surface area (Å²) < 4.78 is 0. The number of para-hydroxylation sites is 1. The van der Waals surface area contributed by atoms with E-state index in [-0.39, 0.29) is 5.91 Å². The highest BCUT2D eigenvalue weighted by atomic mass is 16.2. The first kappa shape index (κ1) is 16.4. The fourth-order valence-electron chi connectivity index (χ4n) is 3.41. The molecule has 0 aliphatic carbocycles. The quantitative estimate of drug-likeness (QED) is 0.750. The molecule has 1 aromatic heterocycles. The minimum Gasteiger partial charge on any atom is -0.384 e. The zero-order valence-corrected chi connectivity index (χ0v) is 14.6. The number of anilines is 3. The van der Waals surface area contributed by atoms with Crippen molar-refractivity contribution in [2.45, 2.75) is 25.8 Å². The van der Waals surface area contributed by atoms with Crippen LogP contribution in [0.25, 0.3) is 10.9 Å². The second-order valence-electron chi connectivity index (χ2n) is 6.63. The first-order valence-electron chi connectivity index (χ1n) is 8.99. The van der Waals surface area contributed by atoms with Crippen LogP contribution in [0.2, 0.25) is 0 Å². The lowest BCUT2D eigenvalue weighted by atomic mass is 10.1. The number of carbonyl (C=O) groups excluding carboxylic acids is 1. The van der Waals surface area contributed by atoms with E-state index < -0.39 is 0 Å². The van der Waals surface area contributed by atoms with Crippen molar-refractivity contribution in [2.75, 3.05) is 22.5 Å². The number of nitrogens with zero attached hydrogens (tertiary/aromatic N) is 2. The molecule has 1 amide bonds. The molecule has 3 N–H and O–H groups in total. The maximum Gasteiger partial charge on any atom is 0.226 e. The Balaban J connectivity index is 1.49. The molecule has 4 rings (SSSR count). The van der Waals surface area contributed by atoms with Gasteiger partial charge < -0.3 is 16.0 Å². The van der Waals surface area contributed by atoms with Crippen LogP contribution in [0.3, 0.4) is 0 Å². The smallest absolute Gasteiger partial charge is 0.226 e. The molecule has 2 aromatic carbocycles. The molecule has 1 aliphatic rings. The minimum atomic E-state index is 0.223. The number of fused-ring (bicyclic) bond motifs is 1. The number of piperidine rings is 1. The van der Waals surface area contributed by atoms with E-state index in [1.165, 1.54) is 0 Å². The summed E-state index contributed by atoms with van der Waals surface area (Å²) in [6, 6.07) is 18.0. The third-order valence-electron chi connectivity index (χ3n) is 4.79. The lowest BCUT2D eigenvalue weighted by Crippen LogP contribution is -2.35. The molecule has 5 heteroatoms. The number of nitrogen functional groups attached to an aromatic ring is 1. The van der Waals surface area contributed by atoms with Crippen LogP contribution in [0.4, 0.5) is 17.2 Å². The molecule has 3 aromatic rings. The molecule has 2 heterocycles. The van der Waals surface area contributed by atoms with Gasteiger partial charge in [-0.25, -0.2) is 4.98 Å². The van der Waals surface area contributed by atoms with E-state index in [4.69, 9.17) is 5.73 Å². The van der Waals surface area contributed by atoms with E-state index in [1.54, 1.807) is 0 Å². The highest BCUT2D eigenvalue weighted by molar-refractivity contribution is 5.94. The number of rotatable bonds is 4. The lowest BCUT2D eigenvalue weighted by molar-refractivity contribution is -0.119. The zero-order valence-electron chi connectivity index (χ0n) is 14.6. The van der Waals surface area contributed by atoms with Crippen molar-refractivity contribution in [2.24, 2.45) is 0 Å². The van der Waals surface area contributed by atoms with E-state index in [0.29, 0.717) is 18.8 Å². The molecule has 0 saturated carbocycles. The average molecular weight is 346 g/mol. The van der Waals surface area contributed by atoms with Gasteiger partial charge in [0.05, 0.1) is 5.52 Å². The summed E-state index contributed by atoms with van der Waals surface area (Å²) in [7, 11) is 0. The fourth-order valence-corrected chi connectivity index (χ4v) is 3.41. The second-order valence-corrected chi connectivity index (χ2v) is 6.63. The molecule has 132 valence electrons. The van der Waals surface area contributed by atoms with Gasteiger partial charge in [0, 0.05) is 42.3 Å². The molecule has 0 bridgehead atoms. The number of nitrogens with two attached hydrogens (primary N) is 1. The Morgan fingerprint density at radius 3 is 2.69 bits per heavy atom. The summed E-state index contributed by atoms with van der Waals surface area (Å²) >= 11 is 0. The van der Waals surface area contributed by atoms with Gasteiger partial charge in [0.1, 0.15) is 5.82 Å². The molecule has 0 unspecified atom stereocenters. The van der Waals surface area contributed by atoms with Gasteiger partial charge in [0.25, 0.3) is 0 Å². The molecular formula is C21H22N4O. The topological polar surface area (TPSA) is 71.2 Å². The molecule has 26 heavy (non-hydrogen) atoms. The first-order valence-corrected chi connectivity index (χ1v) is 8.99. The van der Waals surface area contributed by atoms with Crippen molar-refractivity contribution in [3.05, 3.63) is 60.2 Å². The van der Waals surface area contributed by atoms with Gasteiger partial charge >= 0.3 is 0 Å². The van der Waals surface area contributed by atoms with Gasteiger partial charge in [0.2, 0.25) is 5.91 Å². The van der Waals surface area contributed by atoms with Crippen LogP contribution in [0, 0.1) is 0 Å². The van der Waals surface area contributed by atoms with Gasteiger partial charge in [-0.3, -0.25) is 4.79 Å². The van der Waals surface area contributed by atoms with Crippen LogP contribution in [0.1, 0.15) is 24.8 Å². The predicted octanol–water partition coefficient (Wildman–Crippen LogP) is 3.95. The van der Waals surface area contributed by atoms with E-state index >= 15 is 0 Å². The minimum absolute atomic E-state index is 0.223. The summed E-state index contributed by atoms with van der Waals surface area (Å²) in [5, 5.41) is 4.51. The largest absolute Gasteiger partial charge is 0.384 e. The Bertz CT molecular complexity index is 936. The fraction of sp³-hybridized carbons (Fsp3) is 0.238. The monoisotopic (exact) mass is 346 g/mol. The van der Waals surface area contributed by atoms with Gasteiger partial charge in [-0.15, -0.1) is 0 Å². The van der Waals surface area contributed by atoms with Crippen molar-refractivity contribution in [3.63, 3.8) is 0 Å². The second kappa shape index (κ2) is 7.04. The standard InChI is InChI=1S/C21H22N4O/c22-20-13-19(17-5-1-2-6-18(17)24-20)23-14-15-8-10-16(11-9-15)25-12-4-3-7-21(25)26/h1-2,5-6,8-11,13H,3-4,7,12,14H2,(H3,22,23,24). The number of carbonyl (C=O) groups is 1. The van der Waals surface area contributed by atoms with Crippen molar-refractivity contribution in [1.82, 2.24) is 4.98 Å². The maximum atomic E-state index is 12.0. The summed E-state index contributed by atoms with van der Waals surface area (Å²) in [5.74, 6) is 0.728. The number of pyridine rings is 1. The average Bonchev–Trinajstić information content (AvgIpc) is 2.67. The Kier molecular flexibility index (Phi) is 4.44. The molecule has 1 saturated heterocycles. The van der Waals surface area contributed by atoms with Crippen molar-refractivity contribution in [1.29, 1.82) is 0 Å². The number of hydrogen-bond donors (Lipinski definition) is 2. The molecule has 0 spiro atoms. The normalized spacial score (nSPS) is 14.6. The first-order chi connectivity index (χ1) is 12.7. The van der Waals surface area contributed by atoms with Gasteiger partial charge in [-0.05, 0) is 36.6 Å². The highest BCUT2D eigenvalue weighted by Gasteiger charge is 2.19. The number of aromatic nitrogens is 1. The van der Waals surface area contributed by atoms with E-state index in [0.717, 1.165) is 47.2 Å². The van der Waals surface area contributed by atoms with E-state index in [1.807, 2.05) is 47.4 Å². The Morgan fingerprint density at radius 1 is 1.08 bits per heavy atom. The van der Waals surface area contributed by atoms with Crippen LogP contribution < -0.4 is 16.0 Å². The number of hydrogen-bond acceptors (Lipinski definition) is 4. The summed E-state index contributed by atoms with van der Waals surface area (Å²) in [4.78, 5) is 18.3. The van der Waals surface area contributed by atoms with E-state index in [9.17, 15) is 4.79 Å². The Labute approximate surface area is 152 Å². The summed E-state index contributed by atoms with van der Waals surface area (Å²) in [6.45, 7) is 1.50. The molecule has 1 aliphatic heterocycles. The van der Waals surface area contributed by atoms with Crippen LogP contribution in [-0.4, -0.2) is 17.4 Å². The van der Waals surface area contributed by atoms with Gasteiger partial charge in [0.15, 0.2) is 0 Å². The molecular weight excluding hydrogens is 324 g/mol. The maximum absolute atomic E-state index is 12.0. The molecule has 5 nitrogen and oxygen atoms in total. The Hall–Kier alpha value is -3.08. The van der Waals surface area contributed by atoms with Gasteiger partial charge in [-0.1, -0.05) is 30.3 Å². The molecule has 0 radical (unpaired) electrons. The van der Waals surface area contributed by atoms with Crippen LogP contribution >= 0.6 is 0 Å². The lowest BCUT2D eigenvalue weighted by Gasteiger charge is -2.26. The third-order valence-corrected chi connectivity index (χ3v) is 4.79. The zero-order chi connectivity index (χ0) is 17.9. The molecule has 0 atom stereocenters. The van der Waals surface area contributed by atoms with Crippen LogP contribution in [0.15, 0.2) is 54.6 Å².